The van der Waals surface area contributed by atoms with E-state index in [0.717, 1.165) is 18.4 Å². The molecule has 0 aromatic heterocycles. The molecule has 1 heterocycles. The first-order valence-electron chi connectivity index (χ1n) is 10.2. The van der Waals surface area contributed by atoms with E-state index in [2.05, 4.69) is 0 Å². The van der Waals surface area contributed by atoms with Crippen molar-refractivity contribution < 1.29 is 24.4 Å². The summed E-state index contributed by atoms with van der Waals surface area (Å²) < 4.78 is -0.422. The Hall–Kier alpha value is -1.96. The van der Waals surface area contributed by atoms with E-state index in [0.29, 0.717) is 37.4 Å². The maximum atomic E-state index is 13.9. The van der Waals surface area contributed by atoms with Gasteiger partial charge in [0.15, 0.2) is 0 Å². The number of benzene rings is 1. The normalized spacial score (nSPS) is 39.2. The number of carbonyl (C=O) groups excluding carboxylic acids is 2. The molecule has 4 N–H and O–H groups in total. The number of piperidine rings is 1. The van der Waals surface area contributed by atoms with Gasteiger partial charge in [0.2, 0.25) is 0 Å². The molecule has 4 atom stereocenters. The second kappa shape index (κ2) is 5.55. The Bertz CT molecular complexity index is 897. The van der Waals surface area contributed by atoms with Crippen LogP contribution in [0.25, 0.3) is 0 Å². The molecular weight excluding hydrogens is 360 g/mol. The van der Waals surface area contributed by atoms with E-state index in [1.54, 1.807) is 6.07 Å². The van der Waals surface area contributed by atoms with Crippen molar-refractivity contribution in [1.29, 1.82) is 0 Å². The molecule has 0 unspecified atom stereocenters. The number of hydroxylamine groups is 3. The molecule has 5 rings (SSSR count). The van der Waals surface area contributed by atoms with Crippen LogP contribution in [0.3, 0.4) is 0 Å². The van der Waals surface area contributed by atoms with E-state index in [1.165, 1.54) is 6.07 Å². The fourth-order valence-corrected chi connectivity index (χ4v) is 6.33. The minimum Gasteiger partial charge on any atom is -0.632 e. The molecule has 7 heteroatoms. The molecule has 1 aromatic carbocycles. The number of rotatable bonds is 3. The molecule has 2 saturated carbocycles. The van der Waals surface area contributed by atoms with Crippen LogP contribution in [0.15, 0.2) is 12.1 Å². The lowest BCUT2D eigenvalue weighted by atomic mass is 9.49. The standard InChI is InChI=1S/C21H26N2O5/c22-19(26)15-4-3-13-9-16-21(27)6-5-14(24)10-20(21,17(13)18(15)25)7-8-23(16,28)11-12-1-2-12/h3-4,12,16,25,27H,1-2,5-11H2,(H2,22,26)/t16-,20-,21-,23-/m1/s1. The number of fused-ring (bicyclic) bond motifs is 1. The summed E-state index contributed by atoms with van der Waals surface area (Å²) >= 11 is 0. The third kappa shape index (κ3) is 2.21. The summed E-state index contributed by atoms with van der Waals surface area (Å²) in [7, 11) is 0. The monoisotopic (exact) mass is 386 g/mol. The number of quaternary nitrogens is 1. The number of hydrogen-bond acceptors (Lipinski definition) is 5. The average molecular weight is 386 g/mol. The maximum absolute atomic E-state index is 13.9. The zero-order valence-corrected chi connectivity index (χ0v) is 15.8. The molecule has 7 nitrogen and oxygen atoms in total. The average Bonchev–Trinajstić information content (AvgIpc) is 3.43. The summed E-state index contributed by atoms with van der Waals surface area (Å²) in [6, 6.07) is 2.66. The topological polar surface area (TPSA) is 124 Å². The number of likely N-dealkylation sites (tertiary alicyclic amines) is 1. The highest BCUT2D eigenvalue weighted by Crippen LogP contribution is 2.61. The van der Waals surface area contributed by atoms with Gasteiger partial charge in [-0.25, -0.2) is 0 Å². The number of hydrogen-bond donors (Lipinski definition) is 3. The Morgan fingerprint density at radius 2 is 2.07 bits per heavy atom. The van der Waals surface area contributed by atoms with E-state index in [1.807, 2.05) is 0 Å². The van der Waals surface area contributed by atoms with Crippen molar-refractivity contribution in [3.8, 4) is 5.75 Å². The van der Waals surface area contributed by atoms with Gasteiger partial charge in [-0.2, -0.15) is 0 Å². The third-order valence-electron chi connectivity index (χ3n) is 7.83. The van der Waals surface area contributed by atoms with E-state index in [4.69, 9.17) is 5.73 Å². The second-order valence-corrected chi connectivity index (χ2v) is 9.35. The van der Waals surface area contributed by atoms with Crippen LogP contribution in [0.4, 0.5) is 0 Å². The maximum Gasteiger partial charge on any atom is 0.252 e. The molecule has 2 bridgehead atoms. The first-order chi connectivity index (χ1) is 13.2. The minimum atomic E-state index is -1.36. The Morgan fingerprint density at radius 1 is 1.32 bits per heavy atom. The highest BCUT2D eigenvalue weighted by atomic mass is 16.6. The fourth-order valence-electron chi connectivity index (χ4n) is 6.33. The van der Waals surface area contributed by atoms with Crippen LogP contribution in [-0.4, -0.2) is 51.3 Å². The lowest BCUT2D eigenvalue weighted by Gasteiger charge is -2.67. The summed E-state index contributed by atoms with van der Waals surface area (Å²) in [6.45, 7) is 0.828. The number of ketones is 1. The van der Waals surface area contributed by atoms with Gasteiger partial charge in [0.25, 0.3) is 5.91 Å². The van der Waals surface area contributed by atoms with E-state index in [-0.39, 0.29) is 36.4 Å². The lowest BCUT2D eigenvalue weighted by Crippen LogP contribution is -2.78. The second-order valence-electron chi connectivity index (χ2n) is 9.35. The number of aromatic hydroxyl groups is 1. The Balaban J connectivity index is 1.73. The van der Waals surface area contributed by atoms with Crippen molar-refractivity contribution in [3.63, 3.8) is 0 Å². The first-order valence-corrected chi connectivity index (χ1v) is 10.2. The van der Waals surface area contributed by atoms with Crippen molar-refractivity contribution in [1.82, 2.24) is 0 Å². The van der Waals surface area contributed by atoms with Crippen molar-refractivity contribution in [2.24, 2.45) is 11.7 Å². The number of primary amides is 1. The van der Waals surface area contributed by atoms with Gasteiger partial charge in [0, 0.05) is 42.6 Å². The number of Topliss-reactive ketones (excluding diaryl/α,β-unsaturated/α-hetero) is 1. The summed E-state index contributed by atoms with van der Waals surface area (Å²) in [5.74, 6) is -0.535. The molecule has 4 aliphatic rings. The zero-order valence-electron chi connectivity index (χ0n) is 15.8. The molecule has 0 radical (unpaired) electrons. The summed E-state index contributed by atoms with van der Waals surface area (Å²) in [6.07, 6.45) is 3.35. The van der Waals surface area contributed by atoms with Gasteiger partial charge in [-0.15, -0.1) is 0 Å². The molecule has 3 fully saturated rings. The minimum absolute atomic E-state index is 0.00150. The van der Waals surface area contributed by atoms with Crippen LogP contribution in [0.2, 0.25) is 0 Å². The van der Waals surface area contributed by atoms with Gasteiger partial charge in [-0.3, -0.25) is 9.59 Å². The van der Waals surface area contributed by atoms with Crippen LogP contribution in [-0.2, 0) is 16.6 Å². The number of nitrogens with zero attached hydrogens (tertiary/aromatic N) is 1. The SMILES string of the molecule is NC(=O)c1ccc2c(c1O)[C@]13CC[N@@+]([O-])(CC4CC4)[C@H](C2)[C@]1(O)CCC(=O)C3. The molecule has 3 aliphatic carbocycles. The third-order valence-corrected chi connectivity index (χ3v) is 7.83. The van der Waals surface area contributed by atoms with E-state index >= 15 is 0 Å². The molecule has 1 aliphatic heterocycles. The van der Waals surface area contributed by atoms with Crippen molar-refractivity contribution in [3.05, 3.63) is 34.0 Å². The molecular formula is C21H26N2O5. The van der Waals surface area contributed by atoms with Crippen LogP contribution in [0.5, 0.6) is 5.75 Å². The summed E-state index contributed by atoms with van der Waals surface area (Å²) in [5.41, 5.74) is 4.25. The number of carbonyl (C=O) groups is 2. The molecule has 1 amide bonds. The van der Waals surface area contributed by atoms with Gasteiger partial charge < -0.3 is 25.8 Å². The van der Waals surface area contributed by atoms with E-state index < -0.39 is 27.6 Å². The van der Waals surface area contributed by atoms with Gasteiger partial charge in [-0.1, -0.05) is 6.07 Å². The van der Waals surface area contributed by atoms with Crippen LogP contribution in [0, 0.1) is 11.1 Å². The number of amides is 1. The number of phenols is 1. The van der Waals surface area contributed by atoms with Gasteiger partial charge >= 0.3 is 0 Å². The van der Waals surface area contributed by atoms with Gasteiger partial charge in [0.1, 0.15) is 23.2 Å². The largest absolute Gasteiger partial charge is 0.632 e. The molecule has 150 valence electrons. The Labute approximate surface area is 163 Å². The predicted molar refractivity (Wildman–Crippen MR) is 100 cm³/mol. The Kier molecular flexibility index (Phi) is 3.59. The smallest absolute Gasteiger partial charge is 0.252 e. The number of nitrogens with two attached hydrogens (primary N) is 1. The van der Waals surface area contributed by atoms with Crippen LogP contribution >= 0.6 is 0 Å². The zero-order chi connectivity index (χ0) is 19.9. The van der Waals surface area contributed by atoms with Crippen molar-refractivity contribution in [2.45, 2.75) is 62.0 Å². The van der Waals surface area contributed by atoms with Crippen LogP contribution < -0.4 is 5.73 Å². The highest BCUT2D eigenvalue weighted by molar-refractivity contribution is 5.96. The fraction of sp³-hybridized carbons (Fsp3) is 0.619. The summed E-state index contributed by atoms with van der Waals surface area (Å²) in [5, 5.41) is 36.8. The highest BCUT2D eigenvalue weighted by Gasteiger charge is 2.69. The predicted octanol–water partition coefficient (Wildman–Crippen LogP) is 1.27. The van der Waals surface area contributed by atoms with Crippen molar-refractivity contribution >= 4 is 11.7 Å². The quantitative estimate of drug-likeness (QED) is 0.533. The molecule has 1 saturated heterocycles. The van der Waals surface area contributed by atoms with Gasteiger partial charge in [-0.05, 0) is 30.9 Å². The molecule has 0 spiro atoms. The van der Waals surface area contributed by atoms with Crippen molar-refractivity contribution in [2.75, 3.05) is 13.1 Å². The van der Waals surface area contributed by atoms with Gasteiger partial charge in [0.05, 0.1) is 18.7 Å². The van der Waals surface area contributed by atoms with Crippen LogP contribution in [0.1, 0.15) is 60.0 Å². The van der Waals surface area contributed by atoms with E-state index in [9.17, 15) is 25.0 Å². The lowest BCUT2D eigenvalue weighted by molar-refractivity contribution is -0.923. The Morgan fingerprint density at radius 3 is 2.75 bits per heavy atom. The molecule has 1 aromatic rings. The number of aliphatic hydroxyl groups is 1. The first kappa shape index (κ1) is 18.1. The molecule has 28 heavy (non-hydrogen) atoms. The summed E-state index contributed by atoms with van der Waals surface area (Å²) in [4.78, 5) is 24.3.